The van der Waals surface area contributed by atoms with Crippen molar-refractivity contribution in [2.75, 3.05) is 18.5 Å². The number of nitrogens with zero attached hydrogens (tertiary/aromatic N) is 4. The molecule has 0 spiro atoms. The van der Waals surface area contributed by atoms with Crippen LogP contribution in [0.1, 0.15) is 27.1 Å². The predicted molar refractivity (Wildman–Crippen MR) is 110 cm³/mol. The highest BCUT2D eigenvalue weighted by atomic mass is 32.1. The predicted octanol–water partition coefficient (Wildman–Crippen LogP) is 1.77. The lowest BCUT2D eigenvalue weighted by Gasteiger charge is -2.13. The molecule has 2 heterocycles. The summed E-state index contributed by atoms with van der Waals surface area (Å²) in [6, 6.07) is 8.80. The minimum absolute atomic E-state index is 0.0948. The summed E-state index contributed by atoms with van der Waals surface area (Å²) in [4.78, 5) is 60.1. The van der Waals surface area contributed by atoms with Crippen molar-refractivity contribution in [3.63, 3.8) is 0 Å². The topological polar surface area (TPSA) is 162 Å². The molecule has 0 aliphatic carbocycles. The maximum atomic E-state index is 12.5. The molecular formula is C19H13N5O7S. The van der Waals surface area contributed by atoms with Gasteiger partial charge in [-0.05, 0) is 18.2 Å². The van der Waals surface area contributed by atoms with Gasteiger partial charge in [0.05, 0.1) is 34.3 Å². The summed E-state index contributed by atoms with van der Waals surface area (Å²) in [6.45, 7) is -0.922. The van der Waals surface area contributed by atoms with Gasteiger partial charge in [-0.2, -0.15) is 8.75 Å². The number of aromatic nitrogens is 2. The molecule has 162 valence electrons. The molecule has 1 aliphatic heterocycles. The molecule has 1 N–H and O–H groups in total. The molecule has 0 atom stereocenters. The molecule has 13 heteroatoms. The molecule has 0 unspecified atom stereocenters. The fraction of sp³-hybridized carbons (Fsp3) is 0.158. The van der Waals surface area contributed by atoms with Gasteiger partial charge in [0, 0.05) is 12.6 Å². The number of hydrogen-bond acceptors (Lipinski definition) is 10. The zero-order valence-electron chi connectivity index (χ0n) is 16.1. The van der Waals surface area contributed by atoms with Crippen molar-refractivity contribution >= 4 is 57.8 Å². The minimum Gasteiger partial charge on any atom is -0.456 e. The molecule has 2 aromatic carbocycles. The second kappa shape index (κ2) is 8.47. The highest BCUT2D eigenvalue weighted by Gasteiger charge is 2.40. The first kappa shape index (κ1) is 21.0. The Balaban J connectivity index is 1.31. The second-order valence-electron chi connectivity index (χ2n) is 6.62. The van der Waals surface area contributed by atoms with Crippen molar-refractivity contribution in [1.29, 1.82) is 0 Å². The standard InChI is InChI=1S/C19H13N5O7S/c25-14(20-11-4-2-5-12-17(11)22-32-21-12)9-31-15(26)7-8-23-18(27)10-3-1-6-13(24(29)30)16(10)19(23)28/h1-6H,7-9H2,(H,20,25). The number of fused-ring (bicyclic) bond motifs is 2. The van der Waals surface area contributed by atoms with Crippen LogP contribution in [0, 0.1) is 10.1 Å². The molecule has 12 nitrogen and oxygen atoms in total. The van der Waals surface area contributed by atoms with Gasteiger partial charge in [0.25, 0.3) is 23.4 Å². The number of benzene rings is 2. The van der Waals surface area contributed by atoms with Crippen LogP contribution in [0.15, 0.2) is 36.4 Å². The van der Waals surface area contributed by atoms with E-state index in [0.717, 1.165) is 22.7 Å². The Morgan fingerprint density at radius 1 is 1.12 bits per heavy atom. The third-order valence-electron chi connectivity index (χ3n) is 4.64. The van der Waals surface area contributed by atoms with E-state index in [1.807, 2.05) is 0 Å². The lowest BCUT2D eigenvalue weighted by Crippen LogP contribution is -2.32. The number of carbonyl (C=O) groups is 4. The molecule has 0 bridgehead atoms. The van der Waals surface area contributed by atoms with Crippen molar-refractivity contribution in [3.05, 3.63) is 57.6 Å². The molecule has 0 saturated heterocycles. The molecule has 1 aromatic heterocycles. The number of nitro groups is 1. The second-order valence-corrected chi connectivity index (χ2v) is 7.14. The van der Waals surface area contributed by atoms with Gasteiger partial charge < -0.3 is 10.1 Å². The minimum atomic E-state index is -0.854. The number of ether oxygens (including phenoxy) is 1. The highest BCUT2D eigenvalue weighted by molar-refractivity contribution is 7.00. The zero-order valence-corrected chi connectivity index (χ0v) is 17.0. The number of anilines is 1. The van der Waals surface area contributed by atoms with E-state index in [1.54, 1.807) is 18.2 Å². The number of imide groups is 1. The summed E-state index contributed by atoms with van der Waals surface area (Å²) in [6.07, 6.45) is -0.377. The quantitative estimate of drug-likeness (QED) is 0.242. The summed E-state index contributed by atoms with van der Waals surface area (Å²) in [5, 5.41) is 13.7. The van der Waals surface area contributed by atoms with E-state index in [4.69, 9.17) is 4.74 Å². The fourth-order valence-electron chi connectivity index (χ4n) is 3.19. The summed E-state index contributed by atoms with van der Waals surface area (Å²) in [5.41, 5.74) is 0.671. The molecule has 0 saturated carbocycles. The molecular weight excluding hydrogens is 442 g/mol. The molecule has 0 fully saturated rings. The highest BCUT2D eigenvalue weighted by Crippen LogP contribution is 2.30. The zero-order chi connectivity index (χ0) is 22.8. The first-order chi connectivity index (χ1) is 15.4. The Labute approximate surface area is 183 Å². The van der Waals surface area contributed by atoms with Crippen molar-refractivity contribution < 1.29 is 28.8 Å². The number of nitrogens with one attached hydrogen (secondary N) is 1. The molecule has 32 heavy (non-hydrogen) atoms. The number of carbonyl (C=O) groups excluding carboxylic acids is 4. The van der Waals surface area contributed by atoms with Crippen LogP contribution in [0.3, 0.4) is 0 Å². The van der Waals surface area contributed by atoms with E-state index in [0.29, 0.717) is 16.7 Å². The SMILES string of the molecule is O=C(COC(=O)CCN1C(=O)c2cccc([N+](=O)[O-])c2C1=O)Nc1cccc2nsnc12. The van der Waals surface area contributed by atoms with Gasteiger partial charge in [-0.1, -0.05) is 12.1 Å². The summed E-state index contributed by atoms with van der Waals surface area (Å²) in [7, 11) is 0. The van der Waals surface area contributed by atoms with Crippen LogP contribution >= 0.6 is 11.7 Å². The van der Waals surface area contributed by atoms with Crippen molar-refractivity contribution in [2.24, 2.45) is 0 Å². The van der Waals surface area contributed by atoms with E-state index in [2.05, 4.69) is 14.1 Å². The maximum absolute atomic E-state index is 12.5. The van der Waals surface area contributed by atoms with E-state index in [-0.39, 0.29) is 24.1 Å². The van der Waals surface area contributed by atoms with E-state index < -0.39 is 40.9 Å². The normalized spacial score (nSPS) is 12.7. The van der Waals surface area contributed by atoms with E-state index >= 15 is 0 Å². The van der Waals surface area contributed by atoms with Crippen LogP contribution in [0.5, 0.6) is 0 Å². The molecule has 1 aliphatic rings. The number of esters is 1. The number of amides is 3. The first-order valence-corrected chi connectivity index (χ1v) is 9.90. The van der Waals surface area contributed by atoms with E-state index in [9.17, 15) is 29.3 Å². The Bertz CT molecular complexity index is 1290. The first-order valence-electron chi connectivity index (χ1n) is 9.17. The summed E-state index contributed by atoms with van der Waals surface area (Å²) < 4.78 is 13.0. The lowest BCUT2D eigenvalue weighted by molar-refractivity contribution is -0.385. The van der Waals surface area contributed by atoms with Gasteiger partial charge in [-0.3, -0.25) is 34.2 Å². The van der Waals surface area contributed by atoms with Crippen molar-refractivity contribution in [1.82, 2.24) is 13.6 Å². The van der Waals surface area contributed by atoms with Crippen molar-refractivity contribution in [3.8, 4) is 0 Å². The van der Waals surface area contributed by atoms with Gasteiger partial charge in [0.15, 0.2) is 6.61 Å². The number of nitro benzene ring substituents is 1. The lowest BCUT2D eigenvalue weighted by atomic mass is 10.1. The van der Waals surface area contributed by atoms with Gasteiger partial charge in [-0.25, -0.2) is 0 Å². The van der Waals surface area contributed by atoms with Gasteiger partial charge in [0.1, 0.15) is 16.6 Å². The number of rotatable bonds is 7. The van der Waals surface area contributed by atoms with Crippen LogP contribution in [-0.2, 0) is 14.3 Å². The average molecular weight is 455 g/mol. The average Bonchev–Trinajstić information content (AvgIpc) is 3.35. The van der Waals surface area contributed by atoms with Gasteiger partial charge in [0.2, 0.25) is 0 Å². The Morgan fingerprint density at radius 3 is 2.69 bits per heavy atom. The Hall–Kier alpha value is -4.26. The summed E-state index contributed by atoms with van der Waals surface area (Å²) in [5.74, 6) is -3.01. The van der Waals surface area contributed by atoms with Crippen LogP contribution in [0.4, 0.5) is 11.4 Å². The fourth-order valence-corrected chi connectivity index (χ4v) is 3.74. The van der Waals surface area contributed by atoms with Crippen LogP contribution < -0.4 is 5.32 Å². The molecule has 3 amide bonds. The Morgan fingerprint density at radius 2 is 1.91 bits per heavy atom. The van der Waals surface area contributed by atoms with E-state index in [1.165, 1.54) is 12.1 Å². The number of hydrogen-bond donors (Lipinski definition) is 1. The monoisotopic (exact) mass is 455 g/mol. The van der Waals surface area contributed by atoms with Crippen LogP contribution in [0.2, 0.25) is 0 Å². The van der Waals surface area contributed by atoms with Crippen LogP contribution in [0.25, 0.3) is 11.0 Å². The summed E-state index contributed by atoms with van der Waals surface area (Å²) >= 11 is 0.996. The largest absolute Gasteiger partial charge is 0.456 e. The molecule has 3 aromatic rings. The van der Waals surface area contributed by atoms with Crippen LogP contribution in [-0.4, -0.2) is 55.4 Å². The van der Waals surface area contributed by atoms with Gasteiger partial charge >= 0.3 is 5.97 Å². The van der Waals surface area contributed by atoms with Gasteiger partial charge in [-0.15, -0.1) is 0 Å². The molecule has 4 rings (SSSR count). The third-order valence-corrected chi connectivity index (χ3v) is 5.18. The van der Waals surface area contributed by atoms with Crippen molar-refractivity contribution in [2.45, 2.75) is 6.42 Å². The molecule has 0 radical (unpaired) electrons. The smallest absolute Gasteiger partial charge is 0.308 e. The Kier molecular flexibility index (Phi) is 5.55. The third kappa shape index (κ3) is 3.88. The maximum Gasteiger partial charge on any atom is 0.308 e.